The fourth-order valence-electron chi connectivity index (χ4n) is 2.22. The predicted octanol–water partition coefficient (Wildman–Crippen LogP) is 3.77. The van der Waals surface area contributed by atoms with Gasteiger partial charge in [0.05, 0.1) is 0 Å². The highest BCUT2D eigenvalue weighted by atomic mass is 15.2. The molecule has 0 saturated heterocycles. The van der Waals surface area contributed by atoms with Crippen LogP contribution >= 0.6 is 0 Å². The molecule has 3 heteroatoms. The molecule has 0 saturated carbocycles. The summed E-state index contributed by atoms with van der Waals surface area (Å²) in [5, 5.41) is 3.56. The molecule has 0 spiro atoms. The molecule has 0 unspecified atom stereocenters. The molecule has 1 heterocycles. The van der Waals surface area contributed by atoms with Crippen LogP contribution in [0.2, 0.25) is 0 Å². The summed E-state index contributed by atoms with van der Waals surface area (Å²) in [7, 11) is 0. The average Bonchev–Trinajstić information content (AvgIpc) is 2.35. The number of nitrogens with one attached hydrogen (secondary N) is 1. The number of hydrogen-bond acceptors (Lipinski definition) is 3. The number of hydrogen-bond donors (Lipinski definition) is 1. The summed E-state index contributed by atoms with van der Waals surface area (Å²) in [6.07, 6.45) is 0.978. The van der Waals surface area contributed by atoms with Crippen molar-refractivity contribution < 1.29 is 0 Å². The maximum Gasteiger partial charge on any atom is 0.129 e. The van der Waals surface area contributed by atoms with Gasteiger partial charge in [-0.25, -0.2) is 4.98 Å². The third kappa shape index (κ3) is 5.12. The molecular formula is C17H31N3. The molecule has 1 N–H and O–H groups in total. The topological polar surface area (TPSA) is 28.2 Å². The third-order valence-electron chi connectivity index (χ3n) is 3.37. The second-order valence-electron chi connectivity index (χ2n) is 6.66. The van der Waals surface area contributed by atoms with E-state index < -0.39 is 0 Å². The zero-order valence-corrected chi connectivity index (χ0v) is 14.2. The van der Waals surface area contributed by atoms with Crippen molar-refractivity contribution in [3.63, 3.8) is 0 Å². The summed E-state index contributed by atoms with van der Waals surface area (Å²) < 4.78 is 0. The summed E-state index contributed by atoms with van der Waals surface area (Å²) in [4.78, 5) is 7.13. The largest absolute Gasteiger partial charge is 0.354 e. The van der Waals surface area contributed by atoms with Gasteiger partial charge in [0, 0.05) is 30.4 Å². The first kappa shape index (κ1) is 17.0. The van der Waals surface area contributed by atoms with Crippen molar-refractivity contribution in [3.05, 3.63) is 23.4 Å². The highest BCUT2D eigenvalue weighted by Gasteiger charge is 2.13. The molecule has 0 atom stereocenters. The minimum absolute atomic E-state index is 0.137. The molecular weight excluding hydrogens is 246 g/mol. The Morgan fingerprint density at radius 2 is 1.85 bits per heavy atom. The van der Waals surface area contributed by atoms with Crippen LogP contribution in [0.3, 0.4) is 0 Å². The first-order valence-electron chi connectivity index (χ1n) is 7.78. The van der Waals surface area contributed by atoms with Crippen LogP contribution in [0, 0.1) is 0 Å². The number of rotatable bonds is 6. The highest BCUT2D eigenvalue weighted by Crippen LogP contribution is 2.18. The lowest BCUT2D eigenvalue weighted by Gasteiger charge is -2.28. The molecule has 0 aliphatic carbocycles. The molecule has 1 aromatic heterocycles. The number of pyridine rings is 1. The van der Waals surface area contributed by atoms with Crippen molar-refractivity contribution in [3.8, 4) is 0 Å². The molecule has 0 aromatic carbocycles. The number of aromatic nitrogens is 1. The minimum atomic E-state index is 0.137. The van der Waals surface area contributed by atoms with Gasteiger partial charge in [0.15, 0.2) is 0 Å². The molecule has 3 nitrogen and oxygen atoms in total. The fourth-order valence-corrected chi connectivity index (χ4v) is 2.22. The maximum atomic E-state index is 4.79. The van der Waals surface area contributed by atoms with Crippen LogP contribution < -0.4 is 10.2 Å². The van der Waals surface area contributed by atoms with Crippen LogP contribution in [-0.2, 0) is 13.0 Å². The Morgan fingerprint density at radius 1 is 1.20 bits per heavy atom. The van der Waals surface area contributed by atoms with Gasteiger partial charge < -0.3 is 10.2 Å². The van der Waals surface area contributed by atoms with Crippen LogP contribution in [0.4, 0.5) is 5.82 Å². The molecule has 0 bridgehead atoms. The molecule has 0 radical (unpaired) electrons. The quantitative estimate of drug-likeness (QED) is 0.858. The van der Waals surface area contributed by atoms with Gasteiger partial charge in [0.2, 0.25) is 0 Å². The van der Waals surface area contributed by atoms with Gasteiger partial charge >= 0.3 is 0 Å². The smallest absolute Gasteiger partial charge is 0.129 e. The summed E-state index contributed by atoms with van der Waals surface area (Å²) in [5.74, 6) is 1.10. The van der Waals surface area contributed by atoms with Gasteiger partial charge in [0.25, 0.3) is 0 Å². The molecule has 1 aromatic rings. The molecule has 0 aliphatic heterocycles. The Kier molecular flexibility index (Phi) is 6.00. The van der Waals surface area contributed by atoms with Gasteiger partial charge in [-0.1, -0.05) is 6.92 Å². The van der Waals surface area contributed by atoms with Crippen LogP contribution in [0.15, 0.2) is 12.1 Å². The fraction of sp³-hybridized carbons (Fsp3) is 0.706. The van der Waals surface area contributed by atoms with Gasteiger partial charge in [-0.2, -0.15) is 0 Å². The summed E-state index contributed by atoms with van der Waals surface area (Å²) in [5.41, 5.74) is 2.63. The Bertz CT molecular complexity index is 419. The SMILES string of the molecule is CCc1cc(CNC(C)(C)C)cc(N(CC)C(C)C)n1. The maximum absolute atomic E-state index is 4.79. The number of aryl methyl sites for hydroxylation is 1. The van der Waals surface area contributed by atoms with E-state index in [9.17, 15) is 0 Å². The normalized spacial score (nSPS) is 12.0. The molecule has 0 amide bonds. The van der Waals surface area contributed by atoms with E-state index in [0.717, 1.165) is 25.3 Å². The number of nitrogens with zero attached hydrogens (tertiary/aromatic N) is 2. The van der Waals surface area contributed by atoms with Crippen molar-refractivity contribution in [2.75, 3.05) is 11.4 Å². The van der Waals surface area contributed by atoms with Crippen LogP contribution in [0.1, 0.15) is 59.7 Å². The Morgan fingerprint density at radius 3 is 2.30 bits per heavy atom. The molecule has 1 rings (SSSR count). The predicted molar refractivity (Wildman–Crippen MR) is 88.4 cm³/mol. The molecule has 20 heavy (non-hydrogen) atoms. The van der Waals surface area contributed by atoms with Crippen LogP contribution in [0.25, 0.3) is 0 Å². The van der Waals surface area contributed by atoms with E-state index in [2.05, 4.69) is 70.8 Å². The first-order valence-corrected chi connectivity index (χ1v) is 7.78. The Labute approximate surface area is 124 Å². The van der Waals surface area contributed by atoms with Crippen LogP contribution in [-0.4, -0.2) is 23.1 Å². The Hall–Kier alpha value is -1.09. The van der Waals surface area contributed by atoms with Crippen molar-refractivity contribution in [1.82, 2.24) is 10.3 Å². The summed E-state index contributed by atoms with van der Waals surface area (Å²) in [6.45, 7) is 17.3. The van der Waals surface area contributed by atoms with E-state index in [4.69, 9.17) is 4.98 Å². The monoisotopic (exact) mass is 277 g/mol. The second-order valence-corrected chi connectivity index (χ2v) is 6.66. The lowest BCUT2D eigenvalue weighted by molar-refractivity contribution is 0.424. The summed E-state index contributed by atoms with van der Waals surface area (Å²) >= 11 is 0. The van der Waals surface area contributed by atoms with E-state index in [0.29, 0.717) is 6.04 Å². The standard InChI is InChI=1S/C17H31N3/c1-8-15-10-14(12-18-17(5,6)7)11-16(19-15)20(9-2)13(3)4/h10-11,13,18H,8-9,12H2,1-7H3. The zero-order chi connectivity index (χ0) is 15.3. The lowest BCUT2D eigenvalue weighted by atomic mass is 10.1. The molecule has 0 aliphatic rings. The van der Waals surface area contributed by atoms with Crippen LogP contribution in [0.5, 0.6) is 0 Å². The van der Waals surface area contributed by atoms with E-state index >= 15 is 0 Å². The van der Waals surface area contributed by atoms with Crippen molar-refractivity contribution >= 4 is 5.82 Å². The van der Waals surface area contributed by atoms with E-state index in [-0.39, 0.29) is 5.54 Å². The van der Waals surface area contributed by atoms with Gasteiger partial charge in [-0.15, -0.1) is 0 Å². The van der Waals surface area contributed by atoms with Gasteiger partial charge in [-0.05, 0) is 65.7 Å². The van der Waals surface area contributed by atoms with Crippen molar-refractivity contribution in [1.29, 1.82) is 0 Å². The third-order valence-corrected chi connectivity index (χ3v) is 3.37. The average molecular weight is 277 g/mol. The van der Waals surface area contributed by atoms with E-state index in [1.807, 2.05) is 0 Å². The molecule has 0 fully saturated rings. The van der Waals surface area contributed by atoms with E-state index in [1.165, 1.54) is 11.3 Å². The Balaban J connectivity index is 3.01. The lowest BCUT2D eigenvalue weighted by Crippen LogP contribution is -2.35. The summed E-state index contributed by atoms with van der Waals surface area (Å²) in [6, 6.07) is 4.92. The van der Waals surface area contributed by atoms with E-state index in [1.54, 1.807) is 0 Å². The van der Waals surface area contributed by atoms with Crippen molar-refractivity contribution in [2.24, 2.45) is 0 Å². The first-order chi connectivity index (χ1) is 9.26. The molecule has 114 valence electrons. The van der Waals surface area contributed by atoms with Gasteiger partial charge in [0.1, 0.15) is 5.82 Å². The second kappa shape index (κ2) is 7.07. The highest BCUT2D eigenvalue weighted by molar-refractivity contribution is 5.43. The number of anilines is 1. The van der Waals surface area contributed by atoms with Gasteiger partial charge in [-0.3, -0.25) is 0 Å². The van der Waals surface area contributed by atoms with Crippen molar-refractivity contribution in [2.45, 2.75) is 73.0 Å². The zero-order valence-electron chi connectivity index (χ0n) is 14.2. The minimum Gasteiger partial charge on any atom is -0.354 e.